The van der Waals surface area contributed by atoms with Crippen LogP contribution in [0.5, 0.6) is 0 Å². The fraction of sp³-hybridized carbons (Fsp3) is 0.545. The third-order valence-electron chi connectivity index (χ3n) is 2.69. The Hall–Kier alpha value is -1.73. The normalized spacial score (nSPS) is 16.7. The molecule has 1 saturated heterocycles. The molecule has 18 heavy (non-hydrogen) atoms. The number of anilines is 1. The maximum absolute atomic E-state index is 11.4. The molecule has 0 unspecified atom stereocenters. The molecule has 98 valence electrons. The maximum atomic E-state index is 11.4. The Morgan fingerprint density at radius 2 is 1.94 bits per heavy atom. The average Bonchev–Trinajstić information content (AvgIpc) is 2.40. The summed E-state index contributed by atoms with van der Waals surface area (Å²) < 4.78 is 4.86. The van der Waals surface area contributed by atoms with Crippen molar-refractivity contribution in [2.45, 2.75) is 6.92 Å². The van der Waals surface area contributed by atoms with Crippen molar-refractivity contribution in [1.82, 2.24) is 15.0 Å². The van der Waals surface area contributed by atoms with E-state index in [0.717, 1.165) is 0 Å². The molecule has 1 aliphatic heterocycles. The number of hydrogen-bond acceptors (Lipinski definition) is 7. The van der Waals surface area contributed by atoms with Crippen molar-refractivity contribution in [1.29, 1.82) is 0 Å². The number of carbonyl (C=O) groups excluding carboxylic acids is 1. The van der Waals surface area contributed by atoms with Gasteiger partial charge in [-0.05, 0) is 6.92 Å². The van der Waals surface area contributed by atoms with Crippen LogP contribution in [-0.4, -0.2) is 59.0 Å². The van der Waals surface area contributed by atoms with Crippen molar-refractivity contribution in [3.63, 3.8) is 0 Å². The van der Waals surface area contributed by atoms with E-state index in [1.54, 1.807) is 6.92 Å². The van der Waals surface area contributed by atoms with Crippen LogP contribution >= 0.6 is 0 Å². The Balaban J connectivity index is 2.01. The van der Waals surface area contributed by atoms with Gasteiger partial charge in [-0.15, -0.1) is 0 Å². The third-order valence-corrected chi connectivity index (χ3v) is 2.69. The van der Waals surface area contributed by atoms with Crippen molar-refractivity contribution in [3.05, 3.63) is 18.0 Å². The van der Waals surface area contributed by atoms with Gasteiger partial charge in [0.05, 0.1) is 12.2 Å². The van der Waals surface area contributed by atoms with Crippen LogP contribution in [-0.2, 0) is 4.74 Å². The molecule has 0 atom stereocenters. The van der Waals surface area contributed by atoms with Crippen LogP contribution in [0.3, 0.4) is 0 Å². The Bertz CT molecular complexity index is 401. The lowest BCUT2D eigenvalue weighted by molar-refractivity contribution is -0.0937. The van der Waals surface area contributed by atoms with E-state index in [4.69, 9.17) is 4.74 Å². The molecule has 0 radical (unpaired) electrons. The van der Waals surface area contributed by atoms with E-state index in [1.165, 1.54) is 17.5 Å². The lowest BCUT2D eigenvalue weighted by atomic mass is 10.3. The molecule has 1 aromatic heterocycles. The monoisotopic (exact) mass is 252 g/mol. The second kappa shape index (κ2) is 5.74. The number of piperazine rings is 1. The number of hydroxylamine groups is 2. The second-order valence-corrected chi connectivity index (χ2v) is 3.93. The molecule has 1 fully saturated rings. The predicted octanol–water partition coefficient (Wildman–Crippen LogP) is 0.164. The molecule has 2 heterocycles. The third kappa shape index (κ3) is 2.93. The number of hydrogen-bond donors (Lipinski definition) is 1. The molecular formula is C11H16N4O3. The van der Waals surface area contributed by atoms with Crippen LogP contribution in [0.4, 0.5) is 5.95 Å². The Labute approximate surface area is 105 Å². The minimum absolute atomic E-state index is 0.332. The highest BCUT2D eigenvalue weighted by atomic mass is 16.5. The van der Waals surface area contributed by atoms with Crippen molar-refractivity contribution >= 4 is 11.9 Å². The van der Waals surface area contributed by atoms with E-state index in [2.05, 4.69) is 9.97 Å². The molecule has 1 N–H and O–H groups in total. The van der Waals surface area contributed by atoms with Crippen LogP contribution in [0, 0.1) is 0 Å². The van der Waals surface area contributed by atoms with E-state index in [9.17, 15) is 10.0 Å². The quantitative estimate of drug-likeness (QED) is 0.768. The summed E-state index contributed by atoms with van der Waals surface area (Å²) in [6.45, 7) is 4.52. The SMILES string of the molecule is CCOC(=O)c1cnc(N2CCN(O)CC2)nc1. The number of rotatable bonds is 3. The summed E-state index contributed by atoms with van der Waals surface area (Å²) in [6.07, 6.45) is 2.93. The summed E-state index contributed by atoms with van der Waals surface area (Å²) in [4.78, 5) is 21.7. The fourth-order valence-corrected chi connectivity index (χ4v) is 1.70. The Morgan fingerprint density at radius 3 is 2.50 bits per heavy atom. The molecule has 7 heteroatoms. The molecule has 7 nitrogen and oxygen atoms in total. The molecule has 0 saturated carbocycles. The number of carbonyl (C=O) groups is 1. The number of aromatic nitrogens is 2. The molecule has 1 aliphatic rings. The molecule has 0 aliphatic carbocycles. The zero-order valence-corrected chi connectivity index (χ0v) is 10.2. The topological polar surface area (TPSA) is 78.8 Å². The molecule has 0 bridgehead atoms. The summed E-state index contributed by atoms with van der Waals surface area (Å²) >= 11 is 0. The zero-order valence-electron chi connectivity index (χ0n) is 10.2. The number of nitrogens with zero attached hydrogens (tertiary/aromatic N) is 4. The van der Waals surface area contributed by atoms with E-state index in [0.29, 0.717) is 44.3 Å². The second-order valence-electron chi connectivity index (χ2n) is 3.93. The van der Waals surface area contributed by atoms with Gasteiger partial charge in [-0.3, -0.25) is 0 Å². The highest BCUT2D eigenvalue weighted by Crippen LogP contribution is 2.10. The van der Waals surface area contributed by atoms with Crippen LogP contribution in [0.1, 0.15) is 17.3 Å². The lowest BCUT2D eigenvalue weighted by Gasteiger charge is -2.30. The number of ether oxygens (including phenoxy) is 1. The molecule has 0 spiro atoms. The Kier molecular flexibility index (Phi) is 4.06. The van der Waals surface area contributed by atoms with Gasteiger partial charge in [0, 0.05) is 38.6 Å². The average molecular weight is 252 g/mol. The molecule has 2 rings (SSSR count). The van der Waals surface area contributed by atoms with Crippen LogP contribution in [0.25, 0.3) is 0 Å². The van der Waals surface area contributed by atoms with Crippen molar-refractivity contribution < 1.29 is 14.7 Å². The van der Waals surface area contributed by atoms with Gasteiger partial charge in [0.1, 0.15) is 0 Å². The van der Waals surface area contributed by atoms with Crippen molar-refractivity contribution in [2.75, 3.05) is 37.7 Å². The molecule has 0 aromatic carbocycles. The largest absolute Gasteiger partial charge is 0.462 e. The van der Waals surface area contributed by atoms with Gasteiger partial charge in [0.15, 0.2) is 0 Å². The highest BCUT2D eigenvalue weighted by Gasteiger charge is 2.18. The van der Waals surface area contributed by atoms with Gasteiger partial charge in [-0.2, -0.15) is 5.06 Å². The van der Waals surface area contributed by atoms with Crippen LogP contribution in [0.2, 0.25) is 0 Å². The first-order valence-corrected chi connectivity index (χ1v) is 5.88. The van der Waals surface area contributed by atoms with E-state index < -0.39 is 5.97 Å². The van der Waals surface area contributed by atoms with Gasteiger partial charge in [-0.1, -0.05) is 0 Å². The minimum Gasteiger partial charge on any atom is -0.462 e. The summed E-state index contributed by atoms with van der Waals surface area (Å²) in [5.41, 5.74) is 0.349. The summed E-state index contributed by atoms with van der Waals surface area (Å²) in [5.74, 6) is 0.153. The summed E-state index contributed by atoms with van der Waals surface area (Å²) in [5, 5.41) is 10.5. The number of esters is 1. The smallest absolute Gasteiger partial charge is 0.341 e. The van der Waals surface area contributed by atoms with Crippen molar-refractivity contribution in [2.24, 2.45) is 0 Å². The zero-order chi connectivity index (χ0) is 13.0. The summed E-state index contributed by atoms with van der Waals surface area (Å²) in [7, 11) is 0. The standard InChI is InChI=1S/C11H16N4O3/c1-2-18-10(16)9-7-12-11(13-8-9)14-3-5-15(17)6-4-14/h7-8,17H,2-6H2,1H3. The Morgan fingerprint density at radius 1 is 1.33 bits per heavy atom. The van der Waals surface area contributed by atoms with E-state index in [-0.39, 0.29) is 0 Å². The fourth-order valence-electron chi connectivity index (χ4n) is 1.70. The predicted molar refractivity (Wildman–Crippen MR) is 63.6 cm³/mol. The first-order valence-electron chi connectivity index (χ1n) is 5.88. The first kappa shape index (κ1) is 12.7. The van der Waals surface area contributed by atoms with Crippen LogP contribution < -0.4 is 4.90 Å². The van der Waals surface area contributed by atoms with Crippen molar-refractivity contribution in [3.8, 4) is 0 Å². The summed E-state index contributed by atoms with van der Waals surface area (Å²) in [6, 6.07) is 0. The molecule has 0 amide bonds. The van der Waals surface area contributed by atoms with Gasteiger partial charge in [-0.25, -0.2) is 14.8 Å². The van der Waals surface area contributed by atoms with Gasteiger partial charge < -0.3 is 14.8 Å². The van der Waals surface area contributed by atoms with Gasteiger partial charge >= 0.3 is 5.97 Å². The van der Waals surface area contributed by atoms with E-state index in [1.807, 2.05) is 4.90 Å². The van der Waals surface area contributed by atoms with Crippen LogP contribution in [0.15, 0.2) is 12.4 Å². The van der Waals surface area contributed by atoms with Gasteiger partial charge in [0.2, 0.25) is 5.95 Å². The molecule has 1 aromatic rings. The first-order chi connectivity index (χ1) is 8.70. The maximum Gasteiger partial charge on any atom is 0.341 e. The lowest BCUT2D eigenvalue weighted by Crippen LogP contribution is -2.45. The highest BCUT2D eigenvalue weighted by molar-refractivity contribution is 5.88. The molecular weight excluding hydrogens is 236 g/mol. The van der Waals surface area contributed by atoms with Gasteiger partial charge in [0.25, 0.3) is 0 Å². The van der Waals surface area contributed by atoms with E-state index >= 15 is 0 Å². The minimum atomic E-state index is -0.413.